The molecule has 0 atom stereocenters. The third-order valence-electron chi connectivity index (χ3n) is 2.42. The summed E-state index contributed by atoms with van der Waals surface area (Å²) in [4.78, 5) is 8.29. The van der Waals surface area contributed by atoms with Crippen LogP contribution in [-0.4, -0.2) is 16.6 Å². The zero-order valence-corrected chi connectivity index (χ0v) is 11.6. The number of nitrogens with two attached hydrogens (primary N) is 1. The highest BCUT2D eigenvalue weighted by Crippen LogP contribution is 2.22. The van der Waals surface area contributed by atoms with E-state index in [0.717, 1.165) is 0 Å². The van der Waals surface area contributed by atoms with Crippen LogP contribution in [0.5, 0.6) is 0 Å². The lowest BCUT2D eigenvalue weighted by atomic mass is 10.3. The van der Waals surface area contributed by atoms with Gasteiger partial charge in [0.2, 0.25) is 0 Å². The molecule has 2 rings (SSSR count). The number of nitrogen functional groups attached to an aromatic ring is 1. The van der Waals surface area contributed by atoms with Crippen molar-refractivity contribution in [3.8, 4) is 0 Å². The van der Waals surface area contributed by atoms with E-state index in [1.807, 2.05) is 6.92 Å². The first-order valence-corrected chi connectivity index (χ1v) is 6.39. The number of ether oxygens (including phenoxy) is 1. The second-order valence-corrected chi connectivity index (χ2v) is 4.39. The van der Waals surface area contributed by atoms with E-state index in [-0.39, 0.29) is 11.6 Å². The van der Waals surface area contributed by atoms with E-state index in [1.165, 1.54) is 12.1 Å². The maximum atomic E-state index is 13.4. The largest absolute Gasteiger partial charge is 0.384 e. The number of nitrogens with zero attached hydrogens (tertiary/aromatic N) is 2. The van der Waals surface area contributed by atoms with Gasteiger partial charge in [-0.25, -0.2) is 14.4 Å². The molecule has 0 radical (unpaired) electrons. The molecule has 1 aromatic carbocycles. The summed E-state index contributed by atoms with van der Waals surface area (Å²) in [5.41, 5.74) is 6.22. The molecule has 0 aliphatic rings. The number of nitrogens with one attached hydrogen (secondary N) is 1. The molecular weight excluding hydrogens is 283 g/mol. The van der Waals surface area contributed by atoms with Crippen LogP contribution in [0.2, 0.25) is 5.02 Å². The Hall–Kier alpha value is -1.92. The van der Waals surface area contributed by atoms with E-state index in [2.05, 4.69) is 15.3 Å². The zero-order chi connectivity index (χ0) is 14.5. The number of hydrogen-bond acceptors (Lipinski definition) is 5. The predicted molar refractivity (Wildman–Crippen MR) is 76.5 cm³/mol. The molecule has 1 aromatic heterocycles. The van der Waals surface area contributed by atoms with Gasteiger partial charge in [-0.1, -0.05) is 11.6 Å². The Bertz CT molecular complexity index is 609. The zero-order valence-electron chi connectivity index (χ0n) is 10.9. The molecule has 3 N–H and O–H groups in total. The Labute approximate surface area is 120 Å². The number of hydrogen-bond donors (Lipinski definition) is 2. The van der Waals surface area contributed by atoms with Crippen LogP contribution in [-0.2, 0) is 11.3 Å². The van der Waals surface area contributed by atoms with E-state index in [0.29, 0.717) is 29.8 Å². The standard InChI is InChI=1S/C13H14ClFN4O/c1-2-20-7-13-18-11(16)6-12(19-13)17-8-3-4-9(14)10(15)5-8/h3-6H,2,7H2,1H3,(H3,16,17,18,19). The Morgan fingerprint density at radius 2 is 2.15 bits per heavy atom. The molecule has 0 spiro atoms. The van der Waals surface area contributed by atoms with E-state index in [1.54, 1.807) is 12.1 Å². The first-order chi connectivity index (χ1) is 9.58. The summed E-state index contributed by atoms with van der Waals surface area (Å²) >= 11 is 5.63. The van der Waals surface area contributed by atoms with Crippen LogP contribution < -0.4 is 11.1 Å². The third-order valence-corrected chi connectivity index (χ3v) is 2.73. The van der Waals surface area contributed by atoms with Crippen LogP contribution in [0.1, 0.15) is 12.7 Å². The van der Waals surface area contributed by atoms with Gasteiger partial charge in [0.25, 0.3) is 0 Å². The molecule has 7 heteroatoms. The number of anilines is 3. The summed E-state index contributed by atoms with van der Waals surface area (Å²) in [6, 6.07) is 5.95. The van der Waals surface area contributed by atoms with Gasteiger partial charge >= 0.3 is 0 Å². The molecule has 0 fully saturated rings. The lowest BCUT2D eigenvalue weighted by molar-refractivity contribution is 0.128. The van der Waals surface area contributed by atoms with E-state index < -0.39 is 5.82 Å². The van der Waals surface area contributed by atoms with Crippen molar-refractivity contribution >= 4 is 28.9 Å². The van der Waals surface area contributed by atoms with Crippen LogP contribution in [0.15, 0.2) is 24.3 Å². The summed E-state index contributed by atoms with van der Waals surface area (Å²) in [6.07, 6.45) is 0. The second-order valence-electron chi connectivity index (χ2n) is 3.99. The van der Waals surface area contributed by atoms with Gasteiger partial charge < -0.3 is 15.8 Å². The molecular formula is C13H14ClFN4O. The fourth-order valence-corrected chi connectivity index (χ4v) is 1.68. The van der Waals surface area contributed by atoms with E-state index in [9.17, 15) is 4.39 Å². The average molecular weight is 297 g/mol. The minimum atomic E-state index is -0.506. The van der Waals surface area contributed by atoms with Gasteiger partial charge in [0.05, 0.1) is 5.02 Å². The first-order valence-electron chi connectivity index (χ1n) is 6.01. The van der Waals surface area contributed by atoms with Gasteiger partial charge in [0, 0.05) is 18.4 Å². The summed E-state index contributed by atoms with van der Waals surface area (Å²) in [6.45, 7) is 2.70. The highest BCUT2D eigenvalue weighted by molar-refractivity contribution is 6.30. The molecule has 20 heavy (non-hydrogen) atoms. The van der Waals surface area contributed by atoms with Crippen molar-refractivity contribution in [2.24, 2.45) is 0 Å². The monoisotopic (exact) mass is 296 g/mol. The van der Waals surface area contributed by atoms with Crippen molar-refractivity contribution in [1.82, 2.24) is 9.97 Å². The molecule has 0 unspecified atom stereocenters. The molecule has 5 nitrogen and oxygen atoms in total. The molecule has 0 bridgehead atoms. The maximum Gasteiger partial charge on any atom is 0.158 e. The van der Waals surface area contributed by atoms with Gasteiger partial charge in [-0.05, 0) is 25.1 Å². The predicted octanol–water partition coefficient (Wildman–Crippen LogP) is 3.13. The fraction of sp³-hybridized carbons (Fsp3) is 0.231. The normalized spacial score (nSPS) is 10.6. The lowest BCUT2D eigenvalue weighted by Gasteiger charge is -2.09. The molecule has 0 aliphatic carbocycles. The Kier molecular flexibility index (Phi) is 4.70. The second kappa shape index (κ2) is 6.49. The van der Waals surface area contributed by atoms with Gasteiger partial charge in [0.15, 0.2) is 5.82 Å². The summed E-state index contributed by atoms with van der Waals surface area (Å²) in [5.74, 6) is 0.734. The van der Waals surface area contributed by atoms with Crippen LogP contribution in [0.4, 0.5) is 21.7 Å². The van der Waals surface area contributed by atoms with Crippen LogP contribution in [0, 0.1) is 5.82 Å². The highest BCUT2D eigenvalue weighted by atomic mass is 35.5. The van der Waals surface area contributed by atoms with Crippen molar-refractivity contribution in [1.29, 1.82) is 0 Å². The number of halogens is 2. The van der Waals surface area contributed by atoms with Crippen molar-refractivity contribution in [2.45, 2.75) is 13.5 Å². The summed E-state index contributed by atoms with van der Waals surface area (Å²) in [5, 5.41) is 3.01. The maximum absolute atomic E-state index is 13.4. The van der Waals surface area contributed by atoms with Crippen molar-refractivity contribution in [2.75, 3.05) is 17.7 Å². The molecule has 0 saturated carbocycles. The van der Waals surface area contributed by atoms with Gasteiger partial charge in [0.1, 0.15) is 24.1 Å². The third kappa shape index (κ3) is 3.79. The first kappa shape index (κ1) is 14.5. The van der Waals surface area contributed by atoms with E-state index in [4.69, 9.17) is 22.1 Å². The lowest BCUT2D eigenvalue weighted by Crippen LogP contribution is -2.05. The van der Waals surface area contributed by atoms with E-state index >= 15 is 0 Å². The molecule has 1 heterocycles. The number of rotatable bonds is 5. The molecule has 0 saturated heterocycles. The van der Waals surface area contributed by atoms with Crippen molar-refractivity contribution in [3.63, 3.8) is 0 Å². The molecule has 2 aromatic rings. The molecule has 0 aliphatic heterocycles. The highest BCUT2D eigenvalue weighted by Gasteiger charge is 2.05. The van der Waals surface area contributed by atoms with Crippen LogP contribution >= 0.6 is 11.6 Å². The minimum Gasteiger partial charge on any atom is -0.384 e. The van der Waals surface area contributed by atoms with Gasteiger partial charge in [-0.3, -0.25) is 0 Å². The summed E-state index contributed by atoms with van der Waals surface area (Å²) in [7, 11) is 0. The fourth-order valence-electron chi connectivity index (χ4n) is 1.56. The minimum absolute atomic E-state index is 0.0646. The SMILES string of the molecule is CCOCc1nc(N)cc(Nc2ccc(Cl)c(F)c2)n1. The van der Waals surface area contributed by atoms with Gasteiger partial charge in [-0.15, -0.1) is 0 Å². The Morgan fingerprint density at radius 3 is 2.85 bits per heavy atom. The smallest absolute Gasteiger partial charge is 0.158 e. The quantitative estimate of drug-likeness (QED) is 0.887. The molecule has 106 valence electrons. The van der Waals surface area contributed by atoms with Crippen molar-refractivity contribution in [3.05, 3.63) is 40.9 Å². The number of aromatic nitrogens is 2. The van der Waals surface area contributed by atoms with Gasteiger partial charge in [-0.2, -0.15) is 0 Å². The number of benzene rings is 1. The Morgan fingerprint density at radius 1 is 1.35 bits per heavy atom. The molecule has 0 amide bonds. The van der Waals surface area contributed by atoms with Crippen molar-refractivity contribution < 1.29 is 9.13 Å². The Balaban J connectivity index is 2.19. The van der Waals surface area contributed by atoms with Crippen LogP contribution in [0.3, 0.4) is 0 Å². The van der Waals surface area contributed by atoms with Crippen LogP contribution in [0.25, 0.3) is 0 Å². The topological polar surface area (TPSA) is 73.1 Å². The average Bonchev–Trinajstić information content (AvgIpc) is 2.40. The summed E-state index contributed by atoms with van der Waals surface area (Å²) < 4.78 is 18.6.